The molecule has 0 saturated heterocycles. The van der Waals surface area contributed by atoms with E-state index in [4.69, 9.17) is 0 Å². The van der Waals surface area contributed by atoms with Gasteiger partial charge >= 0.3 is 0 Å². The standard InChI is InChI=1S/C16H17NO2/c18-13-3-1-11(2-4-13)9-16-15-6-5-14(19)10-12(15)7-8-17-16/h1-6,10,16-19H,7-9H2. The third-order valence-corrected chi connectivity index (χ3v) is 3.66. The van der Waals surface area contributed by atoms with Gasteiger partial charge in [-0.05, 0) is 60.3 Å². The summed E-state index contributed by atoms with van der Waals surface area (Å²) >= 11 is 0. The van der Waals surface area contributed by atoms with E-state index in [1.807, 2.05) is 24.3 Å². The zero-order valence-electron chi connectivity index (χ0n) is 10.6. The van der Waals surface area contributed by atoms with Gasteiger partial charge in [-0.15, -0.1) is 0 Å². The van der Waals surface area contributed by atoms with Gasteiger partial charge in [-0.2, -0.15) is 0 Å². The molecule has 3 nitrogen and oxygen atoms in total. The number of phenolic OH excluding ortho intramolecular Hbond substituents is 2. The molecule has 0 aromatic heterocycles. The van der Waals surface area contributed by atoms with E-state index in [9.17, 15) is 10.2 Å². The van der Waals surface area contributed by atoms with Gasteiger partial charge in [0.1, 0.15) is 11.5 Å². The van der Waals surface area contributed by atoms with Crippen LogP contribution in [0.4, 0.5) is 0 Å². The fraction of sp³-hybridized carbons (Fsp3) is 0.250. The Morgan fingerprint density at radius 3 is 2.53 bits per heavy atom. The van der Waals surface area contributed by atoms with Crippen LogP contribution in [0.15, 0.2) is 42.5 Å². The number of nitrogens with one attached hydrogen (secondary N) is 1. The monoisotopic (exact) mass is 255 g/mol. The molecule has 0 radical (unpaired) electrons. The molecular formula is C16H17NO2. The largest absolute Gasteiger partial charge is 0.508 e. The fourth-order valence-corrected chi connectivity index (χ4v) is 2.69. The van der Waals surface area contributed by atoms with E-state index >= 15 is 0 Å². The van der Waals surface area contributed by atoms with Crippen molar-refractivity contribution < 1.29 is 10.2 Å². The highest BCUT2D eigenvalue weighted by atomic mass is 16.3. The highest BCUT2D eigenvalue weighted by Gasteiger charge is 2.20. The molecular weight excluding hydrogens is 238 g/mol. The molecule has 3 rings (SSSR count). The minimum Gasteiger partial charge on any atom is -0.508 e. The number of fused-ring (bicyclic) bond motifs is 1. The average molecular weight is 255 g/mol. The van der Waals surface area contributed by atoms with E-state index in [0.29, 0.717) is 11.5 Å². The normalized spacial score (nSPS) is 18.0. The molecule has 0 saturated carbocycles. The summed E-state index contributed by atoms with van der Waals surface area (Å²) in [4.78, 5) is 0. The second kappa shape index (κ2) is 4.94. The van der Waals surface area contributed by atoms with Gasteiger partial charge in [-0.3, -0.25) is 0 Å². The molecule has 3 heteroatoms. The van der Waals surface area contributed by atoms with Gasteiger partial charge in [0.25, 0.3) is 0 Å². The topological polar surface area (TPSA) is 52.5 Å². The van der Waals surface area contributed by atoms with E-state index in [0.717, 1.165) is 19.4 Å². The van der Waals surface area contributed by atoms with Gasteiger partial charge in [0.15, 0.2) is 0 Å². The van der Waals surface area contributed by atoms with Crippen LogP contribution in [0.5, 0.6) is 11.5 Å². The summed E-state index contributed by atoms with van der Waals surface area (Å²) in [5.41, 5.74) is 3.68. The van der Waals surface area contributed by atoms with Gasteiger partial charge in [0.2, 0.25) is 0 Å². The molecule has 0 aliphatic carbocycles. The van der Waals surface area contributed by atoms with Gasteiger partial charge < -0.3 is 15.5 Å². The number of aromatic hydroxyl groups is 2. The van der Waals surface area contributed by atoms with Crippen molar-refractivity contribution in [2.75, 3.05) is 6.54 Å². The van der Waals surface area contributed by atoms with E-state index in [2.05, 4.69) is 5.32 Å². The highest BCUT2D eigenvalue weighted by molar-refractivity contribution is 5.39. The van der Waals surface area contributed by atoms with Crippen LogP contribution in [-0.4, -0.2) is 16.8 Å². The average Bonchev–Trinajstić information content (AvgIpc) is 2.41. The van der Waals surface area contributed by atoms with Crippen molar-refractivity contribution in [3.8, 4) is 11.5 Å². The van der Waals surface area contributed by atoms with Gasteiger partial charge in [0.05, 0.1) is 0 Å². The first-order valence-corrected chi connectivity index (χ1v) is 6.55. The minimum atomic E-state index is 0.272. The Balaban J connectivity index is 1.85. The lowest BCUT2D eigenvalue weighted by Crippen LogP contribution is -2.31. The zero-order valence-corrected chi connectivity index (χ0v) is 10.6. The zero-order chi connectivity index (χ0) is 13.2. The molecule has 1 aliphatic heterocycles. The number of phenols is 2. The first-order chi connectivity index (χ1) is 9.22. The van der Waals surface area contributed by atoms with Crippen LogP contribution >= 0.6 is 0 Å². The Morgan fingerprint density at radius 1 is 1.00 bits per heavy atom. The molecule has 1 aliphatic rings. The first kappa shape index (κ1) is 12.1. The van der Waals surface area contributed by atoms with E-state index in [1.54, 1.807) is 18.2 Å². The highest BCUT2D eigenvalue weighted by Crippen LogP contribution is 2.28. The van der Waals surface area contributed by atoms with Crippen LogP contribution in [0.2, 0.25) is 0 Å². The molecule has 0 bridgehead atoms. The maximum Gasteiger partial charge on any atom is 0.115 e. The van der Waals surface area contributed by atoms with Crippen LogP contribution in [-0.2, 0) is 12.8 Å². The summed E-state index contributed by atoms with van der Waals surface area (Å²) in [6, 6.07) is 13.2. The fourth-order valence-electron chi connectivity index (χ4n) is 2.69. The molecule has 1 heterocycles. The van der Waals surface area contributed by atoms with Gasteiger partial charge in [-0.1, -0.05) is 18.2 Å². The van der Waals surface area contributed by atoms with Crippen LogP contribution in [0.25, 0.3) is 0 Å². The van der Waals surface area contributed by atoms with Gasteiger partial charge in [-0.25, -0.2) is 0 Å². The Bertz CT molecular complexity index is 578. The third-order valence-electron chi connectivity index (χ3n) is 3.66. The molecule has 98 valence electrons. The van der Waals surface area contributed by atoms with Crippen LogP contribution in [0.1, 0.15) is 22.7 Å². The molecule has 0 amide bonds. The van der Waals surface area contributed by atoms with E-state index in [-0.39, 0.29) is 6.04 Å². The Kier molecular flexibility index (Phi) is 3.13. The molecule has 2 aromatic rings. The third kappa shape index (κ3) is 2.56. The predicted molar refractivity (Wildman–Crippen MR) is 74.4 cm³/mol. The summed E-state index contributed by atoms with van der Waals surface area (Å²) in [7, 11) is 0. The molecule has 19 heavy (non-hydrogen) atoms. The summed E-state index contributed by atoms with van der Waals surface area (Å²) in [6.45, 7) is 0.930. The maximum absolute atomic E-state index is 9.55. The summed E-state index contributed by atoms with van der Waals surface area (Å²) in [5.74, 6) is 0.634. The van der Waals surface area contributed by atoms with Crippen molar-refractivity contribution >= 4 is 0 Å². The Morgan fingerprint density at radius 2 is 1.74 bits per heavy atom. The SMILES string of the molecule is Oc1ccc(CC2NCCc3cc(O)ccc32)cc1. The number of benzene rings is 2. The van der Waals surface area contributed by atoms with Crippen molar-refractivity contribution in [3.05, 3.63) is 59.2 Å². The van der Waals surface area contributed by atoms with Gasteiger partial charge in [0, 0.05) is 6.04 Å². The maximum atomic E-state index is 9.55. The van der Waals surface area contributed by atoms with Crippen LogP contribution in [0, 0.1) is 0 Å². The van der Waals surface area contributed by atoms with Crippen LogP contribution in [0.3, 0.4) is 0 Å². The lowest BCUT2D eigenvalue weighted by molar-refractivity contribution is 0.465. The molecule has 3 N–H and O–H groups in total. The number of rotatable bonds is 2. The predicted octanol–water partition coefficient (Wildman–Crippen LogP) is 2.53. The molecule has 2 aromatic carbocycles. The summed E-state index contributed by atoms with van der Waals surface area (Å²) in [6.07, 6.45) is 1.84. The second-order valence-corrected chi connectivity index (χ2v) is 5.01. The lowest BCUT2D eigenvalue weighted by atomic mass is 9.90. The molecule has 0 fully saturated rings. The number of hydrogen-bond donors (Lipinski definition) is 3. The molecule has 1 unspecified atom stereocenters. The van der Waals surface area contributed by atoms with E-state index < -0.39 is 0 Å². The van der Waals surface area contributed by atoms with Crippen molar-refractivity contribution in [1.82, 2.24) is 5.32 Å². The van der Waals surface area contributed by atoms with E-state index in [1.165, 1.54) is 16.7 Å². The second-order valence-electron chi connectivity index (χ2n) is 5.01. The van der Waals surface area contributed by atoms with Crippen LogP contribution < -0.4 is 5.32 Å². The smallest absolute Gasteiger partial charge is 0.115 e. The van der Waals surface area contributed by atoms with Crippen molar-refractivity contribution in [2.45, 2.75) is 18.9 Å². The lowest BCUT2D eigenvalue weighted by Gasteiger charge is -2.27. The molecule has 0 spiro atoms. The quantitative estimate of drug-likeness (QED) is 0.773. The Labute approximate surface area is 112 Å². The Hall–Kier alpha value is -2.00. The summed E-state index contributed by atoms with van der Waals surface area (Å²) in [5, 5.41) is 22.4. The van der Waals surface area contributed by atoms with Crippen molar-refractivity contribution in [3.63, 3.8) is 0 Å². The minimum absolute atomic E-state index is 0.272. The van der Waals surface area contributed by atoms with Crippen molar-refractivity contribution in [2.24, 2.45) is 0 Å². The first-order valence-electron chi connectivity index (χ1n) is 6.55. The summed E-state index contributed by atoms with van der Waals surface area (Å²) < 4.78 is 0. The molecule has 1 atom stereocenters. The number of hydrogen-bond acceptors (Lipinski definition) is 3. The van der Waals surface area contributed by atoms with Crippen molar-refractivity contribution in [1.29, 1.82) is 0 Å².